The van der Waals surface area contributed by atoms with Crippen molar-refractivity contribution in [2.24, 2.45) is 5.73 Å². The van der Waals surface area contributed by atoms with Gasteiger partial charge in [-0.1, -0.05) is 23.7 Å². The molecule has 2 N–H and O–H groups in total. The first-order chi connectivity index (χ1) is 7.99. The minimum atomic E-state index is -0.482. The van der Waals surface area contributed by atoms with E-state index in [1.165, 1.54) is 17.4 Å². The molecule has 0 aliphatic heterocycles. The Balaban J connectivity index is 2.39. The predicted molar refractivity (Wildman–Crippen MR) is 74.2 cm³/mol. The molecular weight excluding hydrogens is 325 g/mol. The summed E-state index contributed by atoms with van der Waals surface area (Å²) in [6.45, 7) is 1.84. The number of rotatable bonds is 2. The quantitative estimate of drug-likeness (QED) is 0.849. The van der Waals surface area contributed by atoms with E-state index in [0.717, 1.165) is 14.9 Å². The van der Waals surface area contributed by atoms with Crippen molar-refractivity contribution in [2.45, 2.75) is 13.0 Å². The van der Waals surface area contributed by atoms with Crippen LogP contribution in [0.15, 0.2) is 28.7 Å². The highest BCUT2D eigenvalue weighted by atomic mass is 79.9. The standard InChI is InChI=1S/C12H10BrClFNS/c1-6-2-3-7(9(15)4-6)11(16)10-5-8(13)12(14)17-10/h2-5,11H,16H2,1H3. The van der Waals surface area contributed by atoms with Gasteiger partial charge in [-0.3, -0.25) is 0 Å². The van der Waals surface area contributed by atoms with Crippen LogP contribution in [-0.2, 0) is 0 Å². The fourth-order valence-electron chi connectivity index (χ4n) is 1.55. The molecule has 2 rings (SSSR count). The minimum absolute atomic E-state index is 0.279. The molecule has 0 amide bonds. The summed E-state index contributed by atoms with van der Waals surface area (Å²) in [6, 6.07) is 6.40. The average Bonchev–Trinajstić information content (AvgIpc) is 2.58. The van der Waals surface area contributed by atoms with E-state index in [0.29, 0.717) is 9.90 Å². The second-order valence-electron chi connectivity index (χ2n) is 3.77. The van der Waals surface area contributed by atoms with Crippen molar-refractivity contribution in [1.29, 1.82) is 0 Å². The van der Waals surface area contributed by atoms with Gasteiger partial charge in [0.1, 0.15) is 10.2 Å². The van der Waals surface area contributed by atoms with Crippen LogP contribution in [0.4, 0.5) is 4.39 Å². The van der Waals surface area contributed by atoms with Gasteiger partial charge in [-0.15, -0.1) is 11.3 Å². The van der Waals surface area contributed by atoms with Crippen molar-refractivity contribution < 1.29 is 4.39 Å². The van der Waals surface area contributed by atoms with E-state index in [4.69, 9.17) is 17.3 Å². The van der Waals surface area contributed by atoms with Gasteiger partial charge >= 0.3 is 0 Å². The molecular formula is C12H10BrClFNS. The summed E-state index contributed by atoms with van der Waals surface area (Å²) >= 11 is 10.6. The molecule has 1 heterocycles. The normalized spacial score (nSPS) is 12.8. The molecule has 5 heteroatoms. The highest BCUT2D eigenvalue weighted by Crippen LogP contribution is 2.36. The second-order valence-corrected chi connectivity index (χ2v) is 6.31. The fourth-order valence-corrected chi connectivity index (χ4v) is 3.31. The van der Waals surface area contributed by atoms with Crippen molar-refractivity contribution >= 4 is 38.9 Å². The first-order valence-electron chi connectivity index (χ1n) is 4.95. The molecule has 0 bridgehead atoms. The third-order valence-corrected chi connectivity index (χ3v) is 5.02. The largest absolute Gasteiger partial charge is 0.320 e. The van der Waals surface area contributed by atoms with E-state index in [9.17, 15) is 4.39 Å². The zero-order valence-corrected chi connectivity index (χ0v) is 12.2. The van der Waals surface area contributed by atoms with Crippen molar-refractivity contribution in [1.82, 2.24) is 0 Å². The summed E-state index contributed by atoms with van der Waals surface area (Å²) in [7, 11) is 0. The van der Waals surface area contributed by atoms with Gasteiger partial charge in [0.05, 0.1) is 6.04 Å². The Hall–Kier alpha value is -0.420. The fraction of sp³-hybridized carbons (Fsp3) is 0.167. The van der Waals surface area contributed by atoms with E-state index >= 15 is 0 Å². The molecule has 0 radical (unpaired) electrons. The zero-order chi connectivity index (χ0) is 12.6. The van der Waals surface area contributed by atoms with Gasteiger partial charge in [0.2, 0.25) is 0 Å². The smallest absolute Gasteiger partial charge is 0.128 e. The molecule has 1 atom stereocenters. The Morgan fingerprint density at radius 3 is 2.65 bits per heavy atom. The van der Waals surface area contributed by atoms with Crippen LogP contribution in [0.5, 0.6) is 0 Å². The van der Waals surface area contributed by atoms with E-state index < -0.39 is 6.04 Å². The van der Waals surface area contributed by atoms with Crippen LogP contribution in [0, 0.1) is 12.7 Å². The van der Waals surface area contributed by atoms with Gasteiger partial charge < -0.3 is 5.73 Å². The molecule has 1 nitrogen and oxygen atoms in total. The number of halogens is 3. The maximum atomic E-state index is 13.8. The van der Waals surface area contributed by atoms with E-state index in [2.05, 4.69) is 15.9 Å². The van der Waals surface area contributed by atoms with Gasteiger partial charge in [-0.2, -0.15) is 0 Å². The highest BCUT2D eigenvalue weighted by molar-refractivity contribution is 9.10. The van der Waals surface area contributed by atoms with Gasteiger partial charge in [-0.05, 0) is 40.5 Å². The summed E-state index contributed by atoms with van der Waals surface area (Å²) in [5.74, 6) is -0.279. The van der Waals surface area contributed by atoms with Crippen LogP contribution in [0.2, 0.25) is 4.34 Å². The summed E-state index contributed by atoms with van der Waals surface area (Å²) in [5, 5.41) is 0. The number of aryl methyl sites for hydroxylation is 1. The van der Waals surface area contributed by atoms with E-state index in [-0.39, 0.29) is 5.82 Å². The van der Waals surface area contributed by atoms with Gasteiger partial charge in [0.15, 0.2) is 0 Å². The van der Waals surface area contributed by atoms with Gasteiger partial charge in [0.25, 0.3) is 0 Å². The lowest BCUT2D eigenvalue weighted by Gasteiger charge is -2.11. The molecule has 1 aromatic carbocycles. The number of hydrogen-bond acceptors (Lipinski definition) is 2. The average molecular weight is 335 g/mol. The first kappa shape index (κ1) is 13.0. The molecule has 0 spiro atoms. The lowest BCUT2D eigenvalue weighted by molar-refractivity contribution is 0.600. The third-order valence-electron chi connectivity index (χ3n) is 2.46. The molecule has 1 unspecified atom stereocenters. The van der Waals surface area contributed by atoms with Crippen molar-refractivity contribution in [3.63, 3.8) is 0 Å². The number of nitrogens with two attached hydrogens (primary N) is 1. The van der Waals surface area contributed by atoms with Crippen LogP contribution in [0.25, 0.3) is 0 Å². The zero-order valence-electron chi connectivity index (χ0n) is 9.01. The SMILES string of the molecule is Cc1ccc(C(N)c2cc(Br)c(Cl)s2)c(F)c1. The lowest BCUT2D eigenvalue weighted by atomic mass is 10.0. The molecule has 0 aliphatic carbocycles. The van der Waals surface area contributed by atoms with E-state index in [1.54, 1.807) is 6.07 Å². The summed E-state index contributed by atoms with van der Waals surface area (Å²) < 4.78 is 15.2. The minimum Gasteiger partial charge on any atom is -0.320 e. The Kier molecular flexibility index (Phi) is 3.88. The van der Waals surface area contributed by atoms with E-state index in [1.807, 2.05) is 19.1 Å². The van der Waals surface area contributed by atoms with Gasteiger partial charge in [-0.25, -0.2) is 4.39 Å². The van der Waals surface area contributed by atoms with Crippen LogP contribution in [0.1, 0.15) is 22.0 Å². The monoisotopic (exact) mass is 333 g/mol. The Morgan fingerprint density at radius 2 is 2.12 bits per heavy atom. The topological polar surface area (TPSA) is 26.0 Å². The molecule has 0 fully saturated rings. The van der Waals surface area contributed by atoms with Crippen LogP contribution >= 0.6 is 38.9 Å². The van der Waals surface area contributed by atoms with Gasteiger partial charge in [0, 0.05) is 14.9 Å². The van der Waals surface area contributed by atoms with Crippen LogP contribution in [0.3, 0.4) is 0 Å². The molecule has 2 aromatic rings. The van der Waals surface area contributed by atoms with Crippen molar-refractivity contribution in [3.8, 4) is 0 Å². The van der Waals surface area contributed by atoms with Crippen LogP contribution in [-0.4, -0.2) is 0 Å². The maximum absolute atomic E-state index is 13.8. The van der Waals surface area contributed by atoms with Crippen molar-refractivity contribution in [3.05, 3.63) is 54.9 Å². The molecule has 0 aliphatic rings. The lowest BCUT2D eigenvalue weighted by Crippen LogP contribution is -2.12. The highest BCUT2D eigenvalue weighted by Gasteiger charge is 2.17. The number of thiophene rings is 1. The Labute approximate surface area is 117 Å². The summed E-state index contributed by atoms with van der Waals surface area (Å²) in [5.41, 5.74) is 7.41. The molecule has 1 aromatic heterocycles. The summed E-state index contributed by atoms with van der Waals surface area (Å²) in [6.07, 6.45) is 0. The maximum Gasteiger partial charge on any atom is 0.128 e. The van der Waals surface area contributed by atoms with Crippen LogP contribution < -0.4 is 5.73 Å². The predicted octanol–water partition coefficient (Wildman–Crippen LogP) is 4.66. The van der Waals surface area contributed by atoms with Crippen molar-refractivity contribution in [2.75, 3.05) is 0 Å². The second kappa shape index (κ2) is 5.06. The Morgan fingerprint density at radius 1 is 1.41 bits per heavy atom. The molecule has 17 heavy (non-hydrogen) atoms. The number of hydrogen-bond donors (Lipinski definition) is 1. The molecule has 90 valence electrons. The number of benzene rings is 1. The molecule has 0 saturated heterocycles. The summed E-state index contributed by atoms with van der Waals surface area (Å²) in [4.78, 5) is 0.838. The Bertz CT molecular complexity index is 536. The first-order valence-corrected chi connectivity index (χ1v) is 6.94. The third kappa shape index (κ3) is 2.71. The molecule has 0 saturated carbocycles.